The maximum Gasteiger partial charge on any atom is 0.0965 e. The molecule has 0 aliphatic heterocycles. The highest BCUT2D eigenvalue weighted by molar-refractivity contribution is 4.95. The molecule has 10 heavy (non-hydrogen) atoms. The Kier molecular flexibility index (Phi) is 3.93. The van der Waals surface area contributed by atoms with E-state index in [-0.39, 0.29) is 0 Å². The number of nitrogens with zero attached hydrogens (tertiary/aromatic N) is 1. The van der Waals surface area contributed by atoms with E-state index < -0.39 is 0 Å². The number of hydrogen-bond acceptors (Lipinski definition) is 2. The van der Waals surface area contributed by atoms with Crippen molar-refractivity contribution in [1.82, 2.24) is 10.2 Å². The first kappa shape index (κ1) is 9.34. The second-order valence-electron chi connectivity index (χ2n) is 2.63. The maximum atomic E-state index is 3.12. The van der Waals surface area contributed by atoms with Gasteiger partial charge in [-0.25, -0.2) is 0 Å². The van der Waals surface area contributed by atoms with Crippen LogP contribution in [0, 0.1) is 0 Å². The van der Waals surface area contributed by atoms with Gasteiger partial charge in [0.2, 0.25) is 0 Å². The average molecular weight is 142 g/mol. The average Bonchev–Trinajstić information content (AvgIpc) is 1.90. The molecule has 0 rings (SSSR count). The lowest BCUT2D eigenvalue weighted by Crippen LogP contribution is -2.31. The molecule has 0 atom stereocenters. The Balaban J connectivity index is 4.03. The minimum absolute atomic E-state index is 0.554. The molecule has 0 saturated carbocycles. The first-order chi connectivity index (χ1) is 4.63. The molecule has 0 aromatic rings. The Labute approximate surface area is 63.9 Å². The van der Waals surface area contributed by atoms with Crippen LogP contribution in [-0.4, -0.2) is 25.0 Å². The van der Waals surface area contributed by atoms with Gasteiger partial charge in [0.1, 0.15) is 0 Å². The third-order valence-electron chi connectivity index (χ3n) is 1.68. The number of rotatable bonds is 3. The van der Waals surface area contributed by atoms with Crippen LogP contribution in [0.1, 0.15) is 20.8 Å². The Bertz CT molecular complexity index is 116. The van der Waals surface area contributed by atoms with Crippen LogP contribution in [0.15, 0.2) is 11.9 Å². The maximum absolute atomic E-state index is 3.12. The second-order valence-corrected chi connectivity index (χ2v) is 2.63. The topological polar surface area (TPSA) is 15.3 Å². The molecule has 0 aromatic heterocycles. The normalized spacial score (nSPS) is 12.0. The fourth-order valence-electron chi connectivity index (χ4n) is 0.802. The van der Waals surface area contributed by atoms with E-state index in [0.29, 0.717) is 6.04 Å². The van der Waals surface area contributed by atoms with Gasteiger partial charge in [0, 0.05) is 20.1 Å². The van der Waals surface area contributed by atoms with E-state index in [1.54, 1.807) is 0 Å². The van der Waals surface area contributed by atoms with Crippen LogP contribution in [0.5, 0.6) is 0 Å². The lowest BCUT2D eigenvalue weighted by molar-refractivity contribution is 0.325. The van der Waals surface area contributed by atoms with Crippen LogP contribution in [0.3, 0.4) is 0 Å². The standard InChI is InChI=1S/C8H18N2/c1-6-8(9-4)10(5)7(2)3/h6-7,9H,1-5H3/b8-6+. The molecule has 0 aliphatic carbocycles. The molecule has 0 heterocycles. The van der Waals surface area contributed by atoms with E-state index in [1.165, 1.54) is 5.82 Å². The molecule has 2 nitrogen and oxygen atoms in total. The molecule has 0 amide bonds. The van der Waals surface area contributed by atoms with Gasteiger partial charge in [-0.15, -0.1) is 0 Å². The lowest BCUT2D eigenvalue weighted by atomic mass is 10.3. The Morgan fingerprint density at radius 3 is 2.10 bits per heavy atom. The molecule has 0 radical (unpaired) electrons. The third-order valence-corrected chi connectivity index (χ3v) is 1.68. The zero-order valence-electron chi connectivity index (χ0n) is 7.60. The molecular weight excluding hydrogens is 124 g/mol. The number of allylic oxidation sites excluding steroid dienone is 1. The molecule has 1 N–H and O–H groups in total. The summed E-state index contributed by atoms with van der Waals surface area (Å²) in [6.45, 7) is 6.37. The molecule has 0 fully saturated rings. The Morgan fingerprint density at radius 2 is 2.00 bits per heavy atom. The van der Waals surface area contributed by atoms with Crippen molar-refractivity contribution in [3.8, 4) is 0 Å². The molecular formula is C8H18N2. The molecule has 0 saturated heterocycles. The van der Waals surface area contributed by atoms with Gasteiger partial charge in [-0.3, -0.25) is 0 Å². The van der Waals surface area contributed by atoms with Crippen molar-refractivity contribution >= 4 is 0 Å². The van der Waals surface area contributed by atoms with E-state index in [1.807, 2.05) is 14.0 Å². The summed E-state index contributed by atoms with van der Waals surface area (Å²) in [4.78, 5) is 2.19. The summed E-state index contributed by atoms with van der Waals surface area (Å²) in [6, 6.07) is 0.554. The summed E-state index contributed by atoms with van der Waals surface area (Å²) in [5, 5.41) is 3.12. The van der Waals surface area contributed by atoms with Gasteiger partial charge in [0.05, 0.1) is 5.82 Å². The van der Waals surface area contributed by atoms with Gasteiger partial charge in [0.15, 0.2) is 0 Å². The minimum atomic E-state index is 0.554. The van der Waals surface area contributed by atoms with E-state index in [0.717, 1.165) is 0 Å². The Hall–Kier alpha value is -0.660. The fourth-order valence-corrected chi connectivity index (χ4v) is 0.802. The van der Waals surface area contributed by atoms with E-state index in [9.17, 15) is 0 Å². The molecule has 0 aromatic carbocycles. The Morgan fingerprint density at radius 1 is 1.50 bits per heavy atom. The molecule has 60 valence electrons. The van der Waals surface area contributed by atoms with E-state index in [2.05, 4.69) is 37.2 Å². The van der Waals surface area contributed by atoms with Crippen LogP contribution >= 0.6 is 0 Å². The highest BCUT2D eigenvalue weighted by atomic mass is 15.2. The summed E-state index contributed by atoms with van der Waals surface area (Å²) in [5.74, 6) is 1.18. The van der Waals surface area contributed by atoms with Gasteiger partial charge < -0.3 is 10.2 Å². The third kappa shape index (κ3) is 2.29. The van der Waals surface area contributed by atoms with Crippen molar-refractivity contribution in [3.63, 3.8) is 0 Å². The second kappa shape index (κ2) is 4.20. The van der Waals surface area contributed by atoms with Crippen LogP contribution in [-0.2, 0) is 0 Å². The van der Waals surface area contributed by atoms with Crippen molar-refractivity contribution < 1.29 is 0 Å². The van der Waals surface area contributed by atoms with Crippen molar-refractivity contribution in [2.75, 3.05) is 14.1 Å². The van der Waals surface area contributed by atoms with Gasteiger partial charge in [-0.2, -0.15) is 0 Å². The SMILES string of the molecule is C/C=C(\NC)N(C)C(C)C. The molecule has 0 bridgehead atoms. The number of hydrogen-bond donors (Lipinski definition) is 1. The van der Waals surface area contributed by atoms with Crippen molar-refractivity contribution in [2.24, 2.45) is 0 Å². The first-order valence-corrected chi connectivity index (χ1v) is 3.70. The predicted octanol–water partition coefficient (Wildman–Crippen LogP) is 1.41. The quantitative estimate of drug-likeness (QED) is 0.641. The van der Waals surface area contributed by atoms with Crippen molar-refractivity contribution in [3.05, 3.63) is 11.9 Å². The summed E-state index contributed by atoms with van der Waals surface area (Å²) in [5.41, 5.74) is 0. The van der Waals surface area contributed by atoms with Crippen LogP contribution in [0.4, 0.5) is 0 Å². The molecule has 0 aliphatic rings. The number of nitrogens with one attached hydrogen (secondary N) is 1. The highest BCUT2D eigenvalue weighted by Gasteiger charge is 2.03. The van der Waals surface area contributed by atoms with E-state index >= 15 is 0 Å². The summed E-state index contributed by atoms with van der Waals surface area (Å²) < 4.78 is 0. The molecule has 2 heteroatoms. The monoisotopic (exact) mass is 142 g/mol. The summed E-state index contributed by atoms with van der Waals surface area (Å²) in [7, 11) is 4.02. The van der Waals surface area contributed by atoms with Crippen LogP contribution in [0.25, 0.3) is 0 Å². The zero-order valence-corrected chi connectivity index (χ0v) is 7.60. The summed E-state index contributed by atoms with van der Waals surface area (Å²) >= 11 is 0. The van der Waals surface area contributed by atoms with Gasteiger partial charge in [-0.1, -0.05) is 0 Å². The van der Waals surface area contributed by atoms with Crippen molar-refractivity contribution in [1.29, 1.82) is 0 Å². The lowest BCUT2D eigenvalue weighted by Gasteiger charge is -2.25. The minimum Gasteiger partial charge on any atom is -0.375 e. The van der Waals surface area contributed by atoms with Gasteiger partial charge in [0.25, 0.3) is 0 Å². The molecule has 0 spiro atoms. The van der Waals surface area contributed by atoms with Crippen molar-refractivity contribution in [2.45, 2.75) is 26.8 Å². The summed E-state index contributed by atoms with van der Waals surface area (Å²) in [6.07, 6.45) is 2.07. The van der Waals surface area contributed by atoms with Crippen LogP contribution < -0.4 is 5.32 Å². The highest BCUT2D eigenvalue weighted by Crippen LogP contribution is 2.01. The molecule has 0 unspecified atom stereocenters. The zero-order chi connectivity index (χ0) is 8.15. The van der Waals surface area contributed by atoms with E-state index in [4.69, 9.17) is 0 Å². The smallest absolute Gasteiger partial charge is 0.0965 e. The fraction of sp³-hybridized carbons (Fsp3) is 0.750. The largest absolute Gasteiger partial charge is 0.375 e. The predicted molar refractivity (Wildman–Crippen MR) is 45.7 cm³/mol. The van der Waals surface area contributed by atoms with Crippen LogP contribution in [0.2, 0.25) is 0 Å². The first-order valence-electron chi connectivity index (χ1n) is 3.70. The van der Waals surface area contributed by atoms with Gasteiger partial charge >= 0.3 is 0 Å². The van der Waals surface area contributed by atoms with Gasteiger partial charge in [-0.05, 0) is 26.8 Å².